The highest BCUT2D eigenvalue weighted by molar-refractivity contribution is 6.06. The Hall–Kier alpha value is -3.66. The zero-order chi connectivity index (χ0) is 23.1. The number of amides is 3. The molecule has 1 saturated carbocycles. The average molecular weight is 440 g/mol. The molecular weight excluding hydrogens is 410 g/mol. The van der Waals surface area contributed by atoms with Gasteiger partial charge in [-0.2, -0.15) is 0 Å². The number of nitrogens with zero attached hydrogens (tertiary/aromatic N) is 1. The Morgan fingerprint density at radius 2 is 1.62 bits per heavy atom. The van der Waals surface area contributed by atoms with Crippen molar-refractivity contribution < 1.29 is 14.4 Å². The zero-order valence-corrected chi connectivity index (χ0v) is 17.8. The maximum absolute atomic E-state index is 12.7. The smallest absolute Gasteiger partial charge is 0.267 e. The van der Waals surface area contributed by atoms with E-state index >= 15 is 0 Å². The van der Waals surface area contributed by atoms with Gasteiger partial charge in [0.2, 0.25) is 0 Å². The molecule has 1 aromatic heterocycles. The van der Waals surface area contributed by atoms with Crippen molar-refractivity contribution in [3.05, 3.63) is 53.3 Å². The van der Waals surface area contributed by atoms with Crippen molar-refractivity contribution >= 4 is 29.2 Å². The number of anilines is 1. The number of nitrogens with one attached hydrogen (secondary N) is 4. The van der Waals surface area contributed by atoms with Crippen molar-refractivity contribution in [1.29, 1.82) is 5.41 Å². The molecule has 2 aromatic rings. The molecule has 0 aliphatic heterocycles. The molecule has 1 aliphatic rings. The van der Waals surface area contributed by atoms with Crippen LogP contribution in [-0.2, 0) is 6.54 Å². The van der Waals surface area contributed by atoms with Crippen LogP contribution in [0.2, 0.25) is 0 Å². The Labute approximate surface area is 186 Å². The van der Waals surface area contributed by atoms with Gasteiger partial charge in [0.05, 0.1) is 11.5 Å². The maximum atomic E-state index is 12.7. The van der Waals surface area contributed by atoms with Crippen LogP contribution in [0, 0.1) is 11.3 Å². The number of hydrogen-bond donors (Lipinski definition) is 6. The third-order valence-electron chi connectivity index (χ3n) is 5.06. The lowest BCUT2D eigenvalue weighted by atomic mass is 10.1. The van der Waals surface area contributed by atoms with Crippen LogP contribution in [0.25, 0.3) is 0 Å². The average Bonchev–Trinajstić information content (AvgIpc) is 3.50. The number of carbonyl (C=O) groups excluding carboxylic acids is 3. The lowest BCUT2D eigenvalue weighted by molar-refractivity contribution is 0.0940. The van der Waals surface area contributed by atoms with E-state index in [0.717, 1.165) is 12.8 Å². The molecule has 1 aromatic carbocycles. The van der Waals surface area contributed by atoms with E-state index in [0.29, 0.717) is 48.1 Å². The highest BCUT2D eigenvalue weighted by Gasteiger charge is 2.24. The van der Waals surface area contributed by atoms with Crippen LogP contribution in [0.3, 0.4) is 0 Å². The van der Waals surface area contributed by atoms with E-state index in [1.54, 1.807) is 36.5 Å². The SMILES string of the molecule is N=C(N)CCNC(=O)c1cc(NC(=O)c2ccc(C(=O)NCCN)cc2)cn1CC1CC1. The second-order valence-electron chi connectivity index (χ2n) is 7.82. The van der Waals surface area contributed by atoms with Crippen molar-refractivity contribution in [2.75, 3.05) is 25.0 Å². The lowest BCUT2D eigenvalue weighted by Crippen LogP contribution is -2.29. The maximum Gasteiger partial charge on any atom is 0.267 e. The van der Waals surface area contributed by atoms with Gasteiger partial charge in [-0.1, -0.05) is 0 Å². The Morgan fingerprint density at radius 3 is 2.22 bits per heavy atom. The van der Waals surface area contributed by atoms with Gasteiger partial charge < -0.3 is 32.0 Å². The predicted molar refractivity (Wildman–Crippen MR) is 122 cm³/mol. The molecular formula is C22H29N7O3. The highest BCUT2D eigenvalue weighted by Crippen LogP contribution is 2.32. The van der Waals surface area contributed by atoms with Gasteiger partial charge in [-0.15, -0.1) is 0 Å². The minimum atomic E-state index is -0.342. The highest BCUT2D eigenvalue weighted by atomic mass is 16.2. The van der Waals surface area contributed by atoms with E-state index in [1.165, 1.54) is 0 Å². The van der Waals surface area contributed by atoms with E-state index in [1.807, 2.05) is 4.57 Å². The van der Waals surface area contributed by atoms with Crippen molar-refractivity contribution in [1.82, 2.24) is 15.2 Å². The Balaban J connectivity index is 1.67. The van der Waals surface area contributed by atoms with Crippen molar-refractivity contribution in [3.8, 4) is 0 Å². The molecule has 0 radical (unpaired) electrons. The van der Waals surface area contributed by atoms with Crippen molar-refractivity contribution in [2.45, 2.75) is 25.8 Å². The van der Waals surface area contributed by atoms with Gasteiger partial charge in [0.25, 0.3) is 17.7 Å². The fraction of sp³-hybridized carbons (Fsp3) is 0.364. The summed E-state index contributed by atoms with van der Waals surface area (Å²) in [5, 5.41) is 15.5. The van der Waals surface area contributed by atoms with E-state index in [2.05, 4.69) is 16.0 Å². The van der Waals surface area contributed by atoms with Gasteiger partial charge in [-0.25, -0.2) is 0 Å². The summed E-state index contributed by atoms with van der Waals surface area (Å²) in [6.45, 7) is 1.71. The Bertz CT molecular complexity index is 993. The molecule has 1 heterocycles. The molecule has 3 rings (SSSR count). The largest absolute Gasteiger partial charge is 0.388 e. The second kappa shape index (κ2) is 10.6. The number of amidine groups is 1. The summed E-state index contributed by atoms with van der Waals surface area (Å²) in [7, 11) is 0. The van der Waals surface area contributed by atoms with Crippen LogP contribution in [0.15, 0.2) is 36.5 Å². The molecule has 0 bridgehead atoms. The van der Waals surface area contributed by atoms with Crippen LogP contribution in [-0.4, -0.2) is 47.8 Å². The summed E-state index contributed by atoms with van der Waals surface area (Å²) < 4.78 is 1.85. The van der Waals surface area contributed by atoms with Crippen LogP contribution in [0.4, 0.5) is 5.69 Å². The van der Waals surface area contributed by atoms with Crippen molar-refractivity contribution in [3.63, 3.8) is 0 Å². The summed E-state index contributed by atoms with van der Waals surface area (Å²) in [4.78, 5) is 37.2. The molecule has 0 saturated heterocycles. The molecule has 32 heavy (non-hydrogen) atoms. The summed E-state index contributed by atoms with van der Waals surface area (Å²) in [6, 6.07) is 7.93. The Morgan fingerprint density at radius 1 is 1.00 bits per heavy atom. The number of rotatable bonds is 11. The minimum absolute atomic E-state index is 0.00879. The van der Waals surface area contributed by atoms with E-state index in [9.17, 15) is 14.4 Å². The monoisotopic (exact) mass is 439 g/mol. The molecule has 0 spiro atoms. The normalized spacial score (nSPS) is 12.8. The molecule has 1 fully saturated rings. The van der Waals surface area contributed by atoms with E-state index in [4.69, 9.17) is 16.9 Å². The molecule has 170 valence electrons. The summed E-state index contributed by atoms with van der Waals surface area (Å²) in [5.41, 5.74) is 12.5. The van der Waals surface area contributed by atoms with Gasteiger partial charge in [0.1, 0.15) is 5.69 Å². The molecule has 0 atom stereocenters. The molecule has 1 aliphatic carbocycles. The fourth-order valence-corrected chi connectivity index (χ4v) is 3.16. The number of carbonyl (C=O) groups is 3. The van der Waals surface area contributed by atoms with Gasteiger partial charge >= 0.3 is 0 Å². The molecule has 0 unspecified atom stereocenters. The number of hydrogen-bond acceptors (Lipinski definition) is 5. The van der Waals surface area contributed by atoms with Gasteiger partial charge in [-0.3, -0.25) is 19.8 Å². The standard InChI is InChI=1S/C22H29N7O3/c23-8-10-27-20(30)15-3-5-16(6-4-15)21(31)28-17-11-18(22(32)26-9-7-19(24)25)29(13-17)12-14-1-2-14/h3-6,11,13-14H,1-2,7-10,12,23H2,(H3,24,25)(H,26,32)(H,27,30)(H,28,31). The quantitative estimate of drug-likeness (QED) is 0.225. The summed E-state index contributed by atoms with van der Waals surface area (Å²) >= 11 is 0. The van der Waals surface area contributed by atoms with Gasteiger partial charge in [0, 0.05) is 49.9 Å². The van der Waals surface area contributed by atoms with Crippen LogP contribution >= 0.6 is 0 Å². The van der Waals surface area contributed by atoms with Crippen LogP contribution in [0.5, 0.6) is 0 Å². The summed E-state index contributed by atoms with van der Waals surface area (Å²) in [5.74, 6) is -0.326. The first-order valence-corrected chi connectivity index (χ1v) is 10.6. The predicted octanol–water partition coefficient (Wildman–Crippen LogP) is 0.895. The Kier molecular flexibility index (Phi) is 7.61. The molecule has 10 nitrogen and oxygen atoms in total. The second-order valence-corrected chi connectivity index (χ2v) is 7.82. The molecule has 3 amide bonds. The molecule has 10 heteroatoms. The first-order valence-electron chi connectivity index (χ1n) is 10.6. The first-order chi connectivity index (χ1) is 15.4. The topological polar surface area (TPSA) is 168 Å². The minimum Gasteiger partial charge on any atom is -0.388 e. The number of benzene rings is 1. The number of nitrogens with two attached hydrogens (primary N) is 2. The lowest BCUT2D eigenvalue weighted by Gasteiger charge is -2.08. The third kappa shape index (κ3) is 6.42. The van der Waals surface area contributed by atoms with E-state index < -0.39 is 0 Å². The zero-order valence-electron chi connectivity index (χ0n) is 17.8. The first kappa shape index (κ1) is 23.0. The van der Waals surface area contributed by atoms with Crippen LogP contribution < -0.4 is 27.4 Å². The summed E-state index contributed by atoms with van der Waals surface area (Å²) in [6.07, 6.45) is 4.27. The number of aromatic nitrogens is 1. The van der Waals surface area contributed by atoms with E-state index in [-0.39, 0.29) is 36.5 Å². The van der Waals surface area contributed by atoms with Crippen LogP contribution in [0.1, 0.15) is 50.5 Å². The molecule has 8 N–H and O–H groups in total. The van der Waals surface area contributed by atoms with Gasteiger partial charge in [-0.05, 0) is 49.1 Å². The fourth-order valence-electron chi connectivity index (χ4n) is 3.16. The van der Waals surface area contributed by atoms with Gasteiger partial charge in [0.15, 0.2) is 0 Å². The third-order valence-corrected chi connectivity index (χ3v) is 5.06. The van der Waals surface area contributed by atoms with Crippen molar-refractivity contribution in [2.24, 2.45) is 17.4 Å².